The van der Waals surface area contributed by atoms with Gasteiger partial charge in [-0.05, 0) is 46.7 Å². The normalized spacial score (nSPS) is 24.1. The number of hydrogen-bond donors (Lipinski definition) is 1. The smallest absolute Gasteiger partial charge is 0.323 e. The summed E-state index contributed by atoms with van der Waals surface area (Å²) >= 11 is 0. The number of nitrogens with zero attached hydrogens (tertiary/aromatic N) is 1. The van der Waals surface area contributed by atoms with Crippen LogP contribution in [0.15, 0.2) is 0 Å². The zero-order chi connectivity index (χ0) is 23.7. The highest BCUT2D eigenvalue weighted by Crippen LogP contribution is 2.42. The molecule has 0 aliphatic carbocycles. The molecule has 2 aliphatic heterocycles. The van der Waals surface area contributed by atoms with Gasteiger partial charge in [-0.25, -0.2) is 0 Å². The Bertz CT molecular complexity index is 846. The third-order valence-corrected chi connectivity index (χ3v) is 7.38. The van der Waals surface area contributed by atoms with E-state index in [0.717, 1.165) is 54.8 Å². The highest BCUT2D eigenvalue weighted by atomic mass is 16.5. The molecule has 1 saturated heterocycles. The molecule has 1 aromatic rings. The Labute approximate surface area is 195 Å². The summed E-state index contributed by atoms with van der Waals surface area (Å²) in [6.07, 6.45) is 2.69. The predicted molar refractivity (Wildman–Crippen MR) is 134 cm³/mol. The molecule has 2 aliphatic rings. The number of carbonyl (C=O) groups excluding carboxylic acids is 1. The second-order valence-electron chi connectivity index (χ2n) is 10.3. The Morgan fingerprint density at radius 2 is 1.75 bits per heavy atom. The number of benzene rings is 1. The Balaban J connectivity index is 1.99. The van der Waals surface area contributed by atoms with Gasteiger partial charge in [0.2, 0.25) is 0 Å². The number of hydrogen-bond acceptors (Lipinski definition) is 6. The van der Waals surface area contributed by atoms with E-state index in [1.807, 2.05) is 13.8 Å². The largest absolute Gasteiger partial charge is 0.493 e. The molecule has 176 valence electrons. The minimum atomic E-state index is -0.584. The van der Waals surface area contributed by atoms with Crippen LogP contribution in [-0.2, 0) is 16.0 Å². The van der Waals surface area contributed by atoms with E-state index in [1.54, 1.807) is 14.2 Å². The van der Waals surface area contributed by atoms with Gasteiger partial charge >= 0.3 is 5.97 Å². The lowest BCUT2D eigenvalue weighted by Crippen LogP contribution is -2.52. The summed E-state index contributed by atoms with van der Waals surface area (Å²) in [5.41, 5.74) is 11.1. The minimum absolute atomic E-state index is 0.0585. The second-order valence-corrected chi connectivity index (χ2v) is 10.3. The fraction of sp³-hybridized carbons (Fsp3) is 0.708. The molecule has 0 spiro atoms. The summed E-state index contributed by atoms with van der Waals surface area (Å²) in [6, 6.07) is -0.381. The molecule has 3 rings (SSSR count). The van der Waals surface area contributed by atoms with Gasteiger partial charge in [-0.1, -0.05) is 27.7 Å². The average Bonchev–Trinajstić information content (AvgIpc) is 2.74. The number of ether oxygens (including phenoxy) is 3. The van der Waals surface area contributed by atoms with Crippen LogP contribution in [0.5, 0.6) is 11.5 Å². The second kappa shape index (κ2) is 10.1. The third kappa shape index (κ3) is 4.67. The summed E-state index contributed by atoms with van der Waals surface area (Å²) in [6.45, 7) is 10.3. The van der Waals surface area contributed by atoms with E-state index in [1.165, 1.54) is 11.1 Å². The van der Waals surface area contributed by atoms with Crippen molar-refractivity contribution in [2.45, 2.75) is 65.1 Å². The van der Waals surface area contributed by atoms with Gasteiger partial charge in [-0.2, -0.15) is 0 Å². The van der Waals surface area contributed by atoms with Gasteiger partial charge in [0.05, 0.1) is 14.2 Å². The van der Waals surface area contributed by atoms with Crippen LogP contribution in [0, 0.1) is 17.8 Å². The molecule has 4 atom stereocenters. The van der Waals surface area contributed by atoms with Crippen LogP contribution < -0.4 is 26.1 Å². The number of methoxy groups -OCH3 is 2. The van der Waals surface area contributed by atoms with E-state index in [0.29, 0.717) is 11.8 Å². The van der Waals surface area contributed by atoms with E-state index >= 15 is 0 Å². The number of carbonyl (C=O) groups is 1. The molecule has 0 radical (unpaired) electrons. The quantitative estimate of drug-likeness (QED) is 0.477. The molecule has 8 heteroatoms. The Morgan fingerprint density at radius 3 is 2.31 bits per heavy atom. The SMILES string of the molecule is Bc1c2c(c(B)c(OC)c1OC)C1CC(OC(=O)[C@@H](N)C(C)C)C(CC(C)C)CN1CC2. The molecular formula is C24H40B2N2O4. The van der Waals surface area contributed by atoms with Crippen molar-refractivity contribution < 1.29 is 19.0 Å². The fourth-order valence-electron chi connectivity index (χ4n) is 5.68. The van der Waals surface area contributed by atoms with Crippen molar-refractivity contribution in [3.63, 3.8) is 0 Å². The minimum Gasteiger partial charge on any atom is -0.493 e. The van der Waals surface area contributed by atoms with Crippen molar-refractivity contribution in [2.24, 2.45) is 23.5 Å². The summed E-state index contributed by atoms with van der Waals surface area (Å²) in [5, 5.41) is 0. The molecule has 0 aromatic heterocycles. The van der Waals surface area contributed by atoms with Crippen molar-refractivity contribution in [3.8, 4) is 11.5 Å². The first-order valence-electron chi connectivity index (χ1n) is 12.0. The highest BCUT2D eigenvalue weighted by molar-refractivity contribution is 6.41. The van der Waals surface area contributed by atoms with Crippen LogP contribution >= 0.6 is 0 Å². The van der Waals surface area contributed by atoms with Gasteiger partial charge in [-0.15, -0.1) is 0 Å². The number of esters is 1. The van der Waals surface area contributed by atoms with Crippen LogP contribution in [0.4, 0.5) is 0 Å². The first kappa shape index (κ1) is 25.0. The zero-order valence-electron chi connectivity index (χ0n) is 21.2. The molecule has 6 nitrogen and oxygen atoms in total. The summed E-state index contributed by atoms with van der Waals surface area (Å²) in [4.78, 5) is 15.4. The maximum absolute atomic E-state index is 12.8. The first-order chi connectivity index (χ1) is 15.1. The van der Waals surface area contributed by atoms with E-state index < -0.39 is 6.04 Å². The monoisotopic (exact) mass is 442 g/mol. The predicted octanol–water partition coefficient (Wildman–Crippen LogP) is 0.0809. The molecule has 0 saturated carbocycles. The van der Waals surface area contributed by atoms with Gasteiger partial charge in [0, 0.05) is 31.5 Å². The van der Waals surface area contributed by atoms with Crippen LogP contribution in [0.1, 0.15) is 57.7 Å². The summed E-state index contributed by atoms with van der Waals surface area (Å²) in [7, 11) is 7.66. The maximum Gasteiger partial charge on any atom is 0.323 e. The van der Waals surface area contributed by atoms with Crippen molar-refractivity contribution in [3.05, 3.63) is 11.1 Å². The van der Waals surface area contributed by atoms with Crippen LogP contribution in [-0.4, -0.2) is 66.0 Å². The lowest BCUT2D eigenvalue weighted by atomic mass is 9.70. The maximum atomic E-state index is 12.8. The molecule has 1 aromatic carbocycles. The number of fused-ring (bicyclic) bond motifs is 3. The van der Waals surface area contributed by atoms with Gasteiger partial charge in [0.1, 0.15) is 27.8 Å². The topological polar surface area (TPSA) is 74.0 Å². The molecular weight excluding hydrogens is 402 g/mol. The van der Waals surface area contributed by atoms with Crippen molar-refractivity contribution in [1.82, 2.24) is 4.90 Å². The van der Waals surface area contributed by atoms with Gasteiger partial charge in [0.25, 0.3) is 0 Å². The number of piperidine rings is 1. The molecule has 2 heterocycles. The van der Waals surface area contributed by atoms with Gasteiger partial charge in [-0.3, -0.25) is 9.69 Å². The number of rotatable bonds is 7. The lowest BCUT2D eigenvalue weighted by molar-refractivity contribution is -0.160. The Hall–Kier alpha value is -1.66. The van der Waals surface area contributed by atoms with E-state index in [2.05, 4.69) is 34.4 Å². The molecule has 32 heavy (non-hydrogen) atoms. The van der Waals surface area contributed by atoms with Crippen molar-refractivity contribution >= 4 is 32.6 Å². The van der Waals surface area contributed by atoms with E-state index in [-0.39, 0.29) is 24.0 Å². The van der Waals surface area contributed by atoms with Crippen LogP contribution in [0.2, 0.25) is 0 Å². The van der Waals surface area contributed by atoms with Crippen LogP contribution in [0.3, 0.4) is 0 Å². The summed E-state index contributed by atoms with van der Waals surface area (Å²) in [5.74, 6) is 2.29. The lowest BCUT2D eigenvalue weighted by Gasteiger charge is -2.48. The first-order valence-corrected chi connectivity index (χ1v) is 12.0. The summed E-state index contributed by atoms with van der Waals surface area (Å²) < 4.78 is 17.6. The molecule has 0 amide bonds. The van der Waals surface area contributed by atoms with Crippen molar-refractivity contribution in [2.75, 3.05) is 27.3 Å². The third-order valence-electron chi connectivity index (χ3n) is 7.38. The molecule has 3 unspecified atom stereocenters. The average molecular weight is 442 g/mol. The number of nitrogens with two attached hydrogens (primary N) is 1. The fourth-order valence-corrected chi connectivity index (χ4v) is 5.68. The Kier molecular flexibility index (Phi) is 7.87. The van der Waals surface area contributed by atoms with Crippen LogP contribution in [0.25, 0.3) is 0 Å². The standard InChI is InChI=1S/C24H40B2N2O4/c1-12(2)9-14-11-28-8-7-15-18(20(26)23(31-6)22(30-5)19(15)25)16(28)10-17(14)32-24(29)21(27)13(3)4/h12-14,16-17,21H,7-11,25-27H2,1-6H3/t14?,16?,17?,21-/m0/s1. The van der Waals surface area contributed by atoms with Gasteiger partial charge in [0.15, 0.2) is 11.5 Å². The van der Waals surface area contributed by atoms with E-state index in [4.69, 9.17) is 19.9 Å². The highest BCUT2D eigenvalue weighted by Gasteiger charge is 2.43. The molecule has 0 bridgehead atoms. The molecule has 2 N–H and O–H groups in total. The van der Waals surface area contributed by atoms with E-state index in [9.17, 15) is 4.79 Å². The zero-order valence-corrected chi connectivity index (χ0v) is 21.2. The molecule has 1 fully saturated rings. The Morgan fingerprint density at radius 1 is 1.12 bits per heavy atom. The van der Waals surface area contributed by atoms with Gasteiger partial charge < -0.3 is 19.9 Å². The van der Waals surface area contributed by atoms with Crippen molar-refractivity contribution in [1.29, 1.82) is 0 Å².